The van der Waals surface area contributed by atoms with Gasteiger partial charge in [-0.3, -0.25) is 4.90 Å². The normalized spacial score (nSPS) is 17.0. The number of aromatic nitrogens is 2. The van der Waals surface area contributed by atoms with Crippen molar-refractivity contribution in [2.24, 2.45) is 0 Å². The van der Waals surface area contributed by atoms with E-state index < -0.39 is 5.60 Å². The van der Waals surface area contributed by atoms with Crippen molar-refractivity contribution < 1.29 is 9.53 Å². The molecular weight excluding hydrogens is 316 g/mol. The van der Waals surface area contributed by atoms with Gasteiger partial charge in [0.15, 0.2) is 0 Å². The van der Waals surface area contributed by atoms with Crippen molar-refractivity contribution in [1.82, 2.24) is 19.6 Å². The van der Waals surface area contributed by atoms with E-state index in [9.17, 15) is 4.79 Å². The molecule has 2 aromatic rings. The van der Waals surface area contributed by atoms with Gasteiger partial charge in [-0.2, -0.15) is 0 Å². The van der Waals surface area contributed by atoms with Gasteiger partial charge in [-0.15, -0.1) is 0 Å². The third kappa shape index (κ3) is 4.95. The number of pyridine rings is 1. The first kappa shape index (κ1) is 17.7. The van der Waals surface area contributed by atoms with Crippen LogP contribution < -0.4 is 5.32 Å². The van der Waals surface area contributed by atoms with Crippen LogP contribution in [0.5, 0.6) is 0 Å². The van der Waals surface area contributed by atoms with Crippen LogP contribution in [0.4, 0.5) is 4.79 Å². The molecule has 0 atom stereocenters. The summed E-state index contributed by atoms with van der Waals surface area (Å²) >= 11 is 0. The van der Waals surface area contributed by atoms with Gasteiger partial charge in [-0.25, -0.2) is 9.78 Å². The van der Waals surface area contributed by atoms with E-state index in [0.29, 0.717) is 0 Å². The van der Waals surface area contributed by atoms with Crippen LogP contribution in [-0.4, -0.2) is 45.1 Å². The van der Waals surface area contributed by atoms with E-state index in [1.807, 2.05) is 20.8 Å². The van der Waals surface area contributed by atoms with Crippen molar-refractivity contribution in [3.63, 3.8) is 0 Å². The fraction of sp³-hybridized carbons (Fsp3) is 0.579. The van der Waals surface area contributed by atoms with Gasteiger partial charge in [0.05, 0.1) is 5.69 Å². The fourth-order valence-electron chi connectivity index (χ4n) is 3.17. The predicted molar refractivity (Wildman–Crippen MR) is 97.6 cm³/mol. The molecule has 0 spiro atoms. The van der Waals surface area contributed by atoms with Gasteiger partial charge < -0.3 is 14.5 Å². The zero-order valence-electron chi connectivity index (χ0n) is 15.6. The lowest BCUT2D eigenvalue weighted by Gasteiger charge is -2.32. The number of amides is 1. The van der Waals surface area contributed by atoms with E-state index in [4.69, 9.17) is 4.74 Å². The lowest BCUT2D eigenvalue weighted by atomic mass is 10.1. The highest BCUT2D eigenvalue weighted by Gasteiger charge is 2.23. The summed E-state index contributed by atoms with van der Waals surface area (Å²) in [6.45, 7) is 10.5. The number of nitrogens with zero attached hydrogens (tertiary/aromatic N) is 3. The smallest absolute Gasteiger partial charge is 0.407 e. The molecule has 6 heteroatoms. The molecular formula is C19H28N4O2. The van der Waals surface area contributed by atoms with Crippen LogP contribution in [0.25, 0.3) is 5.65 Å². The molecule has 1 aliphatic heterocycles. The maximum atomic E-state index is 11.9. The third-order valence-electron chi connectivity index (χ3n) is 4.34. The first-order valence-corrected chi connectivity index (χ1v) is 8.95. The summed E-state index contributed by atoms with van der Waals surface area (Å²) in [6, 6.07) is 4.32. The summed E-state index contributed by atoms with van der Waals surface area (Å²) in [5.74, 6) is 0. The fourth-order valence-corrected chi connectivity index (χ4v) is 3.17. The monoisotopic (exact) mass is 344 g/mol. The highest BCUT2D eigenvalue weighted by Crippen LogP contribution is 2.16. The summed E-state index contributed by atoms with van der Waals surface area (Å²) in [6.07, 6.45) is 5.76. The minimum absolute atomic E-state index is 0.190. The number of alkyl carbamates (subject to hydrolysis) is 1. The summed E-state index contributed by atoms with van der Waals surface area (Å²) in [5, 5.41) is 2.98. The SMILES string of the molecule is Cc1ccc2nc(CN3CCC(NC(=O)OC(C)(C)C)CC3)cn2c1. The van der Waals surface area contributed by atoms with E-state index in [-0.39, 0.29) is 12.1 Å². The zero-order chi connectivity index (χ0) is 18.0. The molecule has 0 aliphatic carbocycles. The minimum Gasteiger partial charge on any atom is -0.444 e. The zero-order valence-corrected chi connectivity index (χ0v) is 15.6. The molecule has 1 aliphatic rings. The number of aryl methyl sites for hydroxylation is 1. The summed E-state index contributed by atoms with van der Waals surface area (Å²) in [7, 11) is 0. The van der Waals surface area contributed by atoms with Gasteiger partial charge in [0.2, 0.25) is 0 Å². The van der Waals surface area contributed by atoms with E-state index in [1.165, 1.54) is 5.56 Å². The van der Waals surface area contributed by atoms with Crippen molar-refractivity contribution in [2.45, 2.75) is 58.7 Å². The molecule has 136 valence electrons. The summed E-state index contributed by atoms with van der Waals surface area (Å²) in [4.78, 5) is 18.9. The molecule has 2 aromatic heterocycles. The number of nitrogens with one attached hydrogen (secondary N) is 1. The van der Waals surface area contributed by atoms with E-state index in [1.54, 1.807) is 0 Å². The molecule has 0 unspecified atom stereocenters. The van der Waals surface area contributed by atoms with Gasteiger partial charge in [-0.1, -0.05) is 6.07 Å². The summed E-state index contributed by atoms with van der Waals surface area (Å²) < 4.78 is 7.41. The molecule has 3 heterocycles. The number of likely N-dealkylation sites (tertiary alicyclic amines) is 1. The Morgan fingerprint density at radius 3 is 2.68 bits per heavy atom. The number of rotatable bonds is 3. The Morgan fingerprint density at radius 2 is 2.00 bits per heavy atom. The number of piperidine rings is 1. The first-order valence-electron chi connectivity index (χ1n) is 8.95. The van der Waals surface area contributed by atoms with Crippen LogP contribution in [0.1, 0.15) is 44.9 Å². The largest absolute Gasteiger partial charge is 0.444 e. The van der Waals surface area contributed by atoms with Crippen molar-refractivity contribution in [1.29, 1.82) is 0 Å². The van der Waals surface area contributed by atoms with E-state index >= 15 is 0 Å². The second kappa shape index (κ2) is 7.04. The topological polar surface area (TPSA) is 58.9 Å². The average molecular weight is 344 g/mol. The number of hydrogen-bond donors (Lipinski definition) is 1. The highest BCUT2D eigenvalue weighted by molar-refractivity contribution is 5.68. The lowest BCUT2D eigenvalue weighted by molar-refractivity contribution is 0.0477. The second-order valence-corrected chi connectivity index (χ2v) is 7.90. The molecule has 1 amide bonds. The van der Waals surface area contributed by atoms with Crippen LogP contribution in [0.3, 0.4) is 0 Å². The molecule has 0 bridgehead atoms. The third-order valence-corrected chi connectivity index (χ3v) is 4.34. The number of imidazole rings is 1. The average Bonchev–Trinajstić information content (AvgIpc) is 2.88. The summed E-state index contributed by atoms with van der Waals surface area (Å²) in [5.41, 5.74) is 2.85. The second-order valence-electron chi connectivity index (χ2n) is 7.90. The maximum absolute atomic E-state index is 11.9. The highest BCUT2D eigenvalue weighted by atomic mass is 16.6. The Morgan fingerprint density at radius 1 is 1.28 bits per heavy atom. The van der Waals surface area contributed by atoms with Crippen LogP contribution in [0.2, 0.25) is 0 Å². The quantitative estimate of drug-likeness (QED) is 0.929. The van der Waals surface area contributed by atoms with Gasteiger partial charge in [0.1, 0.15) is 11.2 Å². The van der Waals surface area contributed by atoms with Gasteiger partial charge in [0, 0.05) is 38.1 Å². The van der Waals surface area contributed by atoms with Crippen molar-refractivity contribution in [3.05, 3.63) is 35.8 Å². The van der Waals surface area contributed by atoms with Crippen molar-refractivity contribution in [2.75, 3.05) is 13.1 Å². The van der Waals surface area contributed by atoms with E-state index in [2.05, 4.69) is 51.1 Å². The van der Waals surface area contributed by atoms with Crippen LogP contribution >= 0.6 is 0 Å². The number of fused-ring (bicyclic) bond motifs is 1. The molecule has 1 saturated heterocycles. The molecule has 6 nitrogen and oxygen atoms in total. The Hall–Kier alpha value is -2.08. The van der Waals surface area contributed by atoms with Crippen LogP contribution in [0.15, 0.2) is 24.5 Å². The number of carbonyl (C=O) groups is 1. The molecule has 0 radical (unpaired) electrons. The molecule has 25 heavy (non-hydrogen) atoms. The molecule has 0 saturated carbocycles. The van der Waals surface area contributed by atoms with Crippen molar-refractivity contribution in [3.8, 4) is 0 Å². The number of carbonyl (C=O) groups excluding carboxylic acids is 1. The van der Waals surface area contributed by atoms with Gasteiger partial charge >= 0.3 is 6.09 Å². The number of ether oxygens (including phenoxy) is 1. The van der Waals surface area contributed by atoms with Gasteiger partial charge in [0.25, 0.3) is 0 Å². The molecule has 1 N–H and O–H groups in total. The Labute approximate surface area is 149 Å². The molecule has 3 rings (SSSR count). The Bertz CT molecular complexity index is 739. The maximum Gasteiger partial charge on any atom is 0.407 e. The molecule has 1 fully saturated rings. The molecule has 0 aromatic carbocycles. The Balaban J connectivity index is 1.49. The first-order chi connectivity index (χ1) is 11.8. The van der Waals surface area contributed by atoms with Crippen LogP contribution in [0, 0.1) is 6.92 Å². The van der Waals surface area contributed by atoms with Gasteiger partial charge in [-0.05, 0) is 52.2 Å². The number of hydrogen-bond acceptors (Lipinski definition) is 4. The van der Waals surface area contributed by atoms with Crippen LogP contribution in [-0.2, 0) is 11.3 Å². The Kier molecular flexibility index (Phi) is 4.99. The standard InChI is InChI=1S/C19H28N4O2/c1-14-5-6-17-20-16(13-23(17)11-14)12-22-9-7-15(8-10-22)21-18(24)25-19(2,3)4/h5-6,11,13,15H,7-10,12H2,1-4H3,(H,21,24). The minimum atomic E-state index is -0.452. The predicted octanol–water partition coefficient (Wildman–Crippen LogP) is 3.13. The lowest BCUT2D eigenvalue weighted by Crippen LogP contribution is -2.45. The van der Waals surface area contributed by atoms with Crippen molar-refractivity contribution >= 4 is 11.7 Å². The van der Waals surface area contributed by atoms with E-state index in [0.717, 1.165) is 43.8 Å².